The number of aliphatic hydroxyl groups excluding tert-OH is 1. The molecule has 0 saturated carbocycles. The van der Waals surface area contributed by atoms with Crippen molar-refractivity contribution in [1.29, 1.82) is 0 Å². The number of allylic oxidation sites excluding steroid dienone is 1. The van der Waals surface area contributed by atoms with Crippen molar-refractivity contribution in [2.45, 2.75) is 18.9 Å². The molecule has 0 saturated heterocycles. The number of aryl methyl sites for hydroxylation is 1. The van der Waals surface area contributed by atoms with E-state index in [9.17, 15) is 0 Å². The highest BCUT2D eigenvalue weighted by Gasteiger charge is 2.26. The summed E-state index contributed by atoms with van der Waals surface area (Å²) in [4.78, 5) is 5.75. The average molecular weight is 373 g/mol. The van der Waals surface area contributed by atoms with Crippen LogP contribution in [0.3, 0.4) is 0 Å². The van der Waals surface area contributed by atoms with Crippen molar-refractivity contribution in [3.05, 3.63) is 69.1 Å². The second-order valence-electron chi connectivity index (χ2n) is 5.77. The average Bonchev–Trinajstić information content (AvgIpc) is 3.29. The van der Waals surface area contributed by atoms with Gasteiger partial charge in [-0.15, -0.1) is 11.3 Å². The molecule has 1 aromatic carbocycles. The van der Waals surface area contributed by atoms with Gasteiger partial charge in [0, 0.05) is 18.1 Å². The van der Waals surface area contributed by atoms with E-state index in [4.69, 9.17) is 16.7 Å². The van der Waals surface area contributed by atoms with Crippen LogP contribution in [0.5, 0.6) is 0 Å². The Labute approximate surface area is 154 Å². The Balaban J connectivity index is 1.79. The lowest BCUT2D eigenvalue weighted by molar-refractivity contribution is 0.287. The molecule has 4 rings (SSSR count). The van der Waals surface area contributed by atoms with Gasteiger partial charge in [-0.2, -0.15) is 10.1 Å². The molecular weight excluding hydrogens is 356 g/mol. The molecule has 1 aliphatic rings. The highest BCUT2D eigenvalue weighted by atomic mass is 35.5. The monoisotopic (exact) mass is 372 g/mol. The van der Waals surface area contributed by atoms with Crippen molar-refractivity contribution in [1.82, 2.24) is 14.8 Å². The minimum absolute atomic E-state index is 0.127. The van der Waals surface area contributed by atoms with Crippen LogP contribution in [0.4, 0.5) is 5.95 Å². The molecule has 0 bridgehead atoms. The molecule has 0 unspecified atom stereocenters. The van der Waals surface area contributed by atoms with E-state index in [1.165, 1.54) is 0 Å². The Morgan fingerprint density at radius 2 is 2.12 bits per heavy atom. The summed E-state index contributed by atoms with van der Waals surface area (Å²) in [5.74, 6) is 1.41. The van der Waals surface area contributed by atoms with E-state index in [0.717, 1.165) is 22.0 Å². The first-order chi connectivity index (χ1) is 12.3. The number of fused-ring (bicyclic) bond motifs is 1. The minimum Gasteiger partial charge on any atom is -0.396 e. The zero-order valence-corrected chi connectivity index (χ0v) is 15.0. The summed E-state index contributed by atoms with van der Waals surface area (Å²) in [6, 6.07) is 11.8. The van der Waals surface area contributed by atoms with Crippen LogP contribution in [-0.2, 0) is 6.42 Å². The van der Waals surface area contributed by atoms with E-state index >= 15 is 0 Å². The molecule has 2 aromatic heterocycles. The Hall–Kier alpha value is -2.15. The standard InChI is InChI=1S/C18H17ClN4OS/c19-13-6-2-1-5-12(13)15-11-14(16-7-4-10-25-16)20-18-21-17(8-3-9-24)22-23(15)18/h1-2,4-7,10-11,15,24H,3,8-9H2,(H,20,21,22)/t15-/m0/s1. The molecule has 3 aromatic rings. The van der Waals surface area contributed by atoms with Crippen LogP contribution >= 0.6 is 22.9 Å². The first-order valence-corrected chi connectivity index (χ1v) is 9.35. The van der Waals surface area contributed by atoms with Gasteiger partial charge in [0.25, 0.3) is 0 Å². The highest BCUT2D eigenvalue weighted by Crippen LogP contribution is 2.36. The van der Waals surface area contributed by atoms with Gasteiger partial charge in [0.1, 0.15) is 6.04 Å². The minimum atomic E-state index is -0.127. The number of aliphatic hydroxyl groups is 1. The molecular formula is C18H17ClN4OS. The summed E-state index contributed by atoms with van der Waals surface area (Å²) >= 11 is 8.12. The lowest BCUT2D eigenvalue weighted by atomic mass is 10.0. The molecule has 2 N–H and O–H groups in total. The van der Waals surface area contributed by atoms with E-state index in [1.54, 1.807) is 11.3 Å². The lowest BCUT2D eigenvalue weighted by Crippen LogP contribution is -2.20. The normalized spacial score (nSPS) is 16.2. The maximum atomic E-state index is 9.06. The summed E-state index contributed by atoms with van der Waals surface area (Å²) in [5.41, 5.74) is 1.99. The third-order valence-electron chi connectivity index (χ3n) is 4.08. The van der Waals surface area contributed by atoms with Gasteiger partial charge in [0.05, 0.1) is 10.6 Å². The van der Waals surface area contributed by atoms with Gasteiger partial charge in [-0.3, -0.25) is 0 Å². The van der Waals surface area contributed by atoms with Gasteiger partial charge in [0.15, 0.2) is 5.82 Å². The number of nitrogens with one attached hydrogen (secondary N) is 1. The van der Waals surface area contributed by atoms with E-state index < -0.39 is 0 Å². The van der Waals surface area contributed by atoms with Crippen LogP contribution in [0.2, 0.25) is 5.02 Å². The third kappa shape index (κ3) is 3.20. The topological polar surface area (TPSA) is 63.0 Å². The SMILES string of the molecule is OCCCc1nc2n(n1)[C@H](c1ccccc1Cl)C=C(c1cccs1)N2. The summed E-state index contributed by atoms with van der Waals surface area (Å²) in [5, 5.41) is 19.8. The van der Waals surface area contributed by atoms with Crippen molar-refractivity contribution in [2.24, 2.45) is 0 Å². The molecule has 25 heavy (non-hydrogen) atoms. The largest absolute Gasteiger partial charge is 0.396 e. The number of thiophene rings is 1. The molecule has 1 aliphatic heterocycles. The van der Waals surface area contributed by atoms with Crippen LogP contribution in [0.15, 0.2) is 47.9 Å². The molecule has 128 valence electrons. The molecule has 0 radical (unpaired) electrons. The smallest absolute Gasteiger partial charge is 0.226 e. The summed E-state index contributed by atoms with van der Waals surface area (Å²) < 4.78 is 1.87. The molecule has 5 nitrogen and oxygen atoms in total. The Bertz CT molecular complexity index is 904. The van der Waals surface area contributed by atoms with Gasteiger partial charge >= 0.3 is 0 Å². The first-order valence-electron chi connectivity index (χ1n) is 8.09. The summed E-state index contributed by atoms with van der Waals surface area (Å²) in [6.45, 7) is 0.129. The molecule has 0 spiro atoms. The lowest BCUT2D eigenvalue weighted by Gasteiger charge is -2.24. The third-order valence-corrected chi connectivity index (χ3v) is 5.33. The van der Waals surface area contributed by atoms with Gasteiger partial charge in [-0.1, -0.05) is 35.9 Å². The van der Waals surface area contributed by atoms with E-state index in [2.05, 4.69) is 27.5 Å². The predicted molar refractivity (Wildman–Crippen MR) is 101 cm³/mol. The van der Waals surface area contributed by atoms with Crippen molar-refractivity contribution >= 4 is 34.6 Å². The first kappa shape index (κ1) is 16.3. The van der Waals surface area contributed by atoms with Gasteiger partial charge < -0.3 is 10.4 Å². The van der Waals surface area contributed by atoms with Crippen LogP contribution in [0.1, 0.15) is 28.7 Å². The molecule has 0 fully saturated rings. The van der Waals surface area contributed by atoms with Crippen LogP contribution in [0, 0.1) is 0 Å². The molecule has 1 atom stereocenters. The fourth-order valence-corrected chi connectivity index (χ4v) is 3.85. The second-order valence-corrected chi connectivity index (χ2v) is 7.13. The molecule has 0 amide bonds. The zero-order valence-electron chi connectivity index (χ0n) is 13.4. The number of benzene rings is 1. The molecule has 3 heterocycles. The van der Waals surface area contributed by atoms with E-state index in [-0.39, 0.29) is 12.6 Å². The van der Waals surface area contributed by atoms with Crippen LogP contribution in [0.25, 0.3) is 5.70 Å². The van der Waals surface area contributed by atoms with Crippen LogP contribution < -0.4 is 5.32 Å². The van der Waals surface area contributed by atoms with Crippen molar-refractivity contribution < 1.29 is 5.11 Å². The second kappa shape index (κ2) is 7.00. The molecule has 7 heteroatoms. The van der Waals surface area contributed by atoms with Crippen LogP contribution in [-0.4, -0.2) is 26.5 Å². The Morgan fingerprint density at radius 1 is 1.24 bits per heavy atom. The van der Waals surface area contributed by atoms with E-state index in [0.29, 0.717) is 23.8 Å². The maximum Gasteiger partial charge on any atom is 0.226 e. The number of nitrogens with zero attached hydrogens (tertiary/aromatic N) is 3. The van der Waals surface area contributed by atoms with Gasteiger partial charge in [0.2, 0.25) is 5.95 Å². The highest BCUT2D eigenvalue weighted by molar-refractivity contribution is 7.11. The summed E-state index contributed by atoms with van der Waals surface area (Å²) in [6.07, 6.45) is 3.41. The molecule has 0 aliphatic carbocycles. The van der Waals surface area contributed by atoms with Crippen molar-refractivity contribution in [2.75, 3.05) is 11.9 Å². The van der Waals surface area contributed by atoms with Gasteiger partial charge in [-0.25, -0.2) is 4.68 Å². The number of halogens is 1. The number of hydrogen-bond acceptors (Lipinski definition) is 5. The van der Waals surface area contributed by atoms with E-state index in [1.807, 2.05) is 40.4 Å². The Morgan fingerprint density at radius 3 is 2.88 bits per heavy atom. The maximum absolute atomic E-state index is 9.06. The zero-order chi connectivity index (χ0) is 17.2. The Kier molecular flexibility index (Phi) is 4.57. The van der Waals surface area contributed by atoms with Crippen molar-refractivity contribution in [3.8, 4) is 0 Å². The number of hydrogen-bond donors (Lipinski definition) is 2. The number of anilines is 1. The summed E-state index contributed by atoms with van der Waals surface area (Å²) in [7, 11) is 0. The number of aromatic nitrogens is 3. The van der Waals surface area contributed by atoms with Gasteiger partial charge in [-0.05, 0) is 35.6 Å². The predicted octanol–water partition coefficient (Wildman–Crippen LogP) is 3.97. The fraction of sp³-hybridized carbons (Fsp3) is 0.222. The quantitative estimate of drug-likeness (QED) is 0.711. The fourth-order valence-electron chi connectivity index (χ4n) is 2.89. The van der Waals surface area contributed by atoms with Crippen molar-refractivity contribution in [3.63, 3.8) is 0 Å². The number of rotatable bonds is 5.